The van der Waals surface area contributed by atoms with Gasteiger partial charge in [0.25, 0.3) is 5.69 Å². The van der Waals surface area contributed by atoms with Crippen LogP contribution in [0, 0.1) is 15.9 Å². The molecule has 27 heavy (non-hydrogen) atoms. The van der Waals surface area contributed by atoms with Gasteiger partial charge in [0.1, 0.15) is 12.4 Å². The standard InChI is InChI=1S/C19H13FN2O5/c20-12-2-1-3-14(8-12)21-16-10-27-19(24)18(16)15(9-17(21)23)11-4-6-13(7-5-11)22(25)26/h1-8,15H,9-10H2/t15-/m1/s1. The number of halogens is 1. The highest BCUT2D eigenvalue weighted by molar-refractivity contribution is 6.06. The minimum absolute atomic E-state index is 0.0255. The fourth-order valence-corrected chi connectivity index (χ4v) is 3.48. The zero-order valence-corrected chi connectivity index (χ0v) is 13.9. The van der Waals surface area contributed by atoms with Gasteiger partial charge in [-0.05, 0) is 23.8 Å². The first-order valence-electron chi connectivity index (χ1n) is 8.19. The number of rotatable bonds is 3. The van der Waals surface area contributed by atoms with E-state index in [2.05, 4.69) is 0 Å². The SMILES string of the molecule is O=C1OCC2=C1[C@@H](c1ccc([N+](=O)[O-])cc1)CC(=O)N2c1cccc(F)c1. The third kappa shape index (κ3) is 2.84. The van der Waals surface area contributed by atoms with Crippen molar-refractivity contribution in [2.75, 3.05) is 11.5 Å². The highest BCUT2D eigenvalue weighted by Gasteiger charge is 2.43. The maximum absolute atomic E-state index is 13.6. The lowest BCUT2D eigenvalue weighted by Gasteiger charge is -2.31. The van der Waals surface area contributed by atoms with Gasteiger partial charge in [-0.2, -0.15) is 0 Å². The number of nitro groups is 1. The monoisotopic (exact) mass is 368 g/mol. The van der Waals surface area contributed by atoms with Gasteiger partial charge in [0.05, 0.1) is 21.9 Å². The van der Waals surface area contributed by atoms with Crippen LogP contribution in [0.25, 0.3) is 0 Å². The molecule has 136 valence electrons. The van der Waals surface area contributed by atoms with Gasteiger partial charge in [0.15, 0.2) is 0 Å². The van der Waals surface area contributed by atoms with Gasteiger partial charge >= 0.3 is 5.97 Å². The number of amides is 1. The van der Waals surface area contributed by atoms with Gasteiger partial charge in [0.2, 0.25) is 5.91 Å². The number of carbonyl (C=O) groups is 2. The Bertz CT molecular complexity index is 999. The van der Waals surface area contributed by atoms with Crippen molar-refractivity contribution in [2.24, 2.45) is 0 Å². The number of nitrogens with zero attached hydrogens (tertiary/aromatic N) is 2. The third-order valence-electron chi connectivity index (χ3n) is 4.69. The smallest absolute Gasteiger partial charge is 0.336 e. The predicted molar refractivity (Wildman–Crippen MR) is 92.3 cm³/mol. The first-order valence-corrected chi connectivity index (χ1v) is 8.19. The van der Waals surface area contributed by atoms with Crippen LogP contribution in [-0.2, 0) is 14.3 Å². The minimum Gasteiger partial charge on any atom is -0.456 e. The Morgan fingerprint density at radius 2 is 1.89 bits per heavy atom. The maximum atomic E-state index is 13.6. The van der Waals surface area contributed by atoms with Crippen LogP contribution >= 0.6 is 0 Å². The van der Waals surface area contributed by atoms with Gasteiger partial charge in [0, 0.05) is 24.5 Å². The summed E-state index contributed by atoms with van der Waals surface area (Å²) < 4.78 is 18.7. The average molecular weight is 368 g/mol. The van der Waals surface area contributed by atoms with Crippen LogP contribution in [0.2, 0.25) is 0 Å². The van der Waals surface area contributed by atoms with Crippen molar-refractivity contribution < 1.29 is 23.6 Å². The van der Waals surface area contributed by atoms with Crippen LogP contribution in [-0.4, -0.2) is 23.4 Å². The average Bonchev–Trinajstić information content (AvgIpc) is 3.02. The van der Waals surface area contributed by atoms with E-state index in [4.69, 9.17) is 4.74 Å². The fourth-order valence-electron chi connectivity index (χ4n) is 3.48. The van der Waals surface area contributed by atoms with Crippen molar-refractivity contribution in [3.8, 4) is 0 Å². The Kier molecular flexibility index (Phi) is 3.95. The quantitative estimate of drug-likeness (QED) is 0.472. The number of anilines is 1. The normalized spacial score (nSPS) is 19.1. The van der Waals surface area contributed by atoms with E-state index in [0.717, 1.165) is 0 Å². The van der Waals surface area contributed by atoms with Crippen LogP contribution in [0.5, 0.6) is 0 Å². The second-order valence-electron chi connectivity index (χ2n) is 6.25. The topological polar surface area (TPSA) is 89.7 Å². The minimum atomic E-state index is -0.562. The van der Waals surface area contributed by atoms with Gasteiger partial charge in [-0.15, -0.1) is 0 Å². The van der Waals surface area contributed by atoms with Crippen LogP contribution in [0.4, 0.5) is 15.8 Å². The summed E-state index contributed by atoms with van der Waals surface area (Å²) in [5.74, 6) is -1.90. The van der Waals surface area contributed by atoms with Crippen molar-refractivity contribution in [3.05, 3.63) is 81.3 Å². The number of ether oxygens (including phenoxy) is 1. The van der Waals surface area contributed by atoms with Gasteiger partial charge < -0.3 is 4.74 Å². The number of hydrogen-bond donors (Lipinski definition) is 0. The molecule has 0 aliphatic carbocycles. The highest BCUT2D eigenvalue weighted by atomic mass is 19.1. The van der Waals surface area contributed by atoms with Gasteiger partial charge in [-0.3, -0.25) is 19.8 Å². The van der Waals surface area contributed by atoms with Crippen LogP contribution in [0.15, 0.2) is 59.8 Å². The molecule has 0 aromatic heterocycles. The summed E-state index contributed by atoms with van der Waals surface area (Å²) >= 11 is 0. The molecule has 7 nitrogen and oxygen atoms in total. The van der Waals surface area contributed by atoms with E-state index in [1.807, 2.05) is 0 Å². The summed E-state index contributed by atoms with van der Waals surface area (Å²) in [6.45, 7) is -0.0834. The summed E-state index contributed by atoms with van der Waals surface area (Å²) in [5.41, 5.74) is 1.57. The second kappa shape index (κ2) is 6.31. The number of hydrogen-bond acceptors (Lipinski definition) is 5. The molecule has 0 spiro atoms. The molecule has 0 bridgehead atoms. The Labute approximate surface area is 152 Å². The molecule has 0 fully saturated rings. The Morgan fingerprint density at radius 1 is 1.15 bits per heavy atom. The van der Waals surface area contributed by atoms with E-state index in [0.29, 0.717) is 22.5 Å². The molecule has 1 amide bonds. The Hall–Kier alpha value is -3.55. The lowest BCUT2D eigenvalue weighted by molar-refractivity contribution is -0.384. The molecular formula is C19H13FN2O5. The molecule has 2 aromatic rings. The zero-order valence-electron chi connectivity index (χ0n) is 13.9. The first-order chi connectivity index (χ1) is 13.0. The summed E-state index contributed by atoms with van der Waals surface area (Å²) in [6, 6.07) is 11.3. The van der Waals surface area contributed by atoms with E-state index in [-0.39, 0.29) is 24.6 Å². The molecule has 0 N–H and O–H groups in total. The van der Waals surface area contributed by atoms with Crippen molar-refractivity contribution in [2.45, 2.75) is 12.3 Å². The molecule has 1 atom stereocenters. The molecule has 0 radical (unpaired) electrons. The lowest BCUT2D eigenvalue weighted by atomic mass is 9.84. The molecule has 0 saturated heterocycles. The van der Waals surface area contributed by atoms with Crippen molar-refractivity contribution in [3.63, 3.8) is 0 Å². The number of cyclic esters (lactones) is 1. The molecule has 2 aromatic carbocycles. The van der Waals surface area contributed by atoms with Crippen molar-refractivity contribution >= 4 is 23.3 Å². The number of carbonyl (C=O) groups excluding carboxylic acids is 2. The van der Waals surface area contributed by atoms with E-state index >= 15 is 0 Å². The van der Waals surface area contributed by atoms with Crippen LogP contribution in [0.1, 0.15) is 17.9 Å². The first kappa shape index (κ1) is 16.9. The summed E-state index contributed by atoms with van der Waals surface area (Å²) in [4.78, 5) is 36.8. The summed E-state index contributed by atoms with van der Waals surface area (Å²) in [6.07, 6.45) is -0.0255. The van der Waals surface area contributed by atoms with Crippen molar-refractivity contribution in [1.82, 2.24) is 0 Å². The Morgan fingerprint density at radius 3 is 2.56 bits per heavy atom. The van der Waals surface area contributed by atoms with E-state index < -0.39 is 22.6 Å². The lowest BCUT2D eigenvalue weighted by Crippen LogP contribution is -2.37. The van der Waals surface area contributed by atoms with Crippen LogP contribution < -0.4 is 4.90 Å². The zero-order chi connectivity index (χ0) is 19.1. The van der Waals surface area contributed by atoms with E-state index in [9.17, 15) is 24.1 Å². The maximum Gasteiger partial charge on any atom is 0.336 e. The number of nitro benzene ring substituents is 1. The molecule has 2 aliphatic rings. The molecular weight excluding hydrogens is 355 g/mol. The van der Waals surface area contributed by atoms with Gasteiger partial charge in [-0.25, -0.2) is 9.18 Å². The largest absolute Gasteiger partial charge is 0.456 e. The molecule has 0 saturated carbocycles. The molecule has 0 unspecified atom stereocenters. The third-order valence-corrected chi connectivity index (χ3v) is 4.69. The molecule has 2 aliphatic heterocycles. The number of esters is 1. The summed E-state index contributed by atoms with van der Waals surface area (Å²) in [5, 5.41) is 10.8. The fraction of sp³-hybridized carbons (Fsp3) is 0.158. The van der Waals surface area contributed by atoms with Gasteiger partial charge in [-0.1, -0.05) is 18.2 Å². The molecule has 8 heteroatoms. The number of benzene rings is 2. The van der Waals surface area contributed by atoms with Crippen LogP contribution in [0.3, 0.4) is 0 Å². The Balaban J connectivity index is 1.79. The molecule has 2 heterocycles. The predicted octanol–water partition coefficient (Wildman–Crippen LogP) is 3.07. The van der Waals surface area contributed by atoms with E-state index in [1.54, 1.807) is 6.07 Å². The van der Waals surface area contributed by atoms with E-state index in [1.165, 1.54) is 47.4 Å². The summed E-state index contributed by atoms with van der Waals surface area (Å²) in [7, 11) is 0. The molecule has 4 rings (SSSR count). The highest BCUT2D eigenvalue weighted by Crippen LogP contribution is 2.42. The number of non-ortho nitro benzene ring substituents is 1. The van der Waals surface area contributed by atoms with Crippen molar-refractivity contribution in [1.29, 1.82) is 0 Å². The second-order valence-corrected chi connectivity index (χ2v) is 6.25.